The van der Waals surface area contributed by atoms with Gasteiger partial charge in [0.2, 0.25) is 0 Å². The van der Waals surface area contributed by atoms with Crippen LogP contribution in [0.1, 0.15) is 16.1 Å². The van der Waals surface area contributed by atoms with E-state index in [9.17, 15) is 14.9 Å². The first-order valence-corrected chi connectivity index (χ1v) is 5.89. The fraction of sp³-hybridized carbons (Fsp3) is 0.0769. The third-order valence-electron chi connectivity index (χ3n) is 2.46. The molecule has 0 radical (unpaired) electrons. The van der Waals surface area contributed by atoms with Gasteiger partial charge in [0.1, 0.15) is 11.5 Å². The Morgan fingerprint density at radius 1 is 1.52 bits per heavy atom. The van der Waals surface area contributed by atoms with E-state index in [-0.39, 0.29) is 17.9 Å². The number of pyridine rings is 1. The zero-order chi connectivity index (χ0) is 15.2. The molecule has 0 bridgehead atoms. The molecule has 0 aliphatic rings. The summed E-state index contributed by atoms with van der Waals surface area (Å²) in [5, 5.41) is 13.1. The van der Waals surface area contributed by atoms with E-state index in [1.54, 1.807) is 12.1 Å². The fourth-order valence-electron chi connectivity index (χ4n) is 1.53. The van der Waals surface area contributed by atoms with Gasteiger partial charge < -0.3 is 16.0 Å². The number of carbonyl (C=O) groups excluding carboxylic acids is 1. The molecule has 8 nitrogen and oxygen atoms in total. The lowest BCUT2D eigenvalue weighted by atomic mass is 10.2. The van der Waals surface area contributed by atoms with Gasteiger partial charge in [0.25, 0.3) is 11.6 Å². The van der Waals surface area contributed by atoms with E-state index in [1.807, 2.05) is 0 Å². The van der Waals surface area contributed by atoms with E-state index in [0.29, 0.717) is 11.4 Å². The van der Waals surface area contributed by atoms with Crippen LogP contribution in [0.15, 0.2) is 30.6 Å². The molecular weight excluding hydrogens is 274 g/mol. The maximum absolute atomic E-state index is 11.9. The molecule has 106 valence electrons. The molecule has 0 unspecified atom stereocenters. The Morgan fingerprint density at radius 2 is 2.33 bits per heavy atom. The molecule has 0 aliphatic carbocycles. The standard InChI is InChI=1S/C13H11N5O3/c14-4-1-2-9-3-5-15-12(6-9)17-13(19)11-7-10(8-16-11)18(20)21/h3,5-8,16H,4,14H2,(H,15,17,19). The monoisotopic (exact) mass is 285 g/mol. The number of anilines is 1. The number of nitrogens with two attached hydrogens (primary N) is 1. The van der Waals surface area contributed by atoms with Crippen LogP contribution in [0.5, 0.6) is 0 Å². The zero-order valence-corrected chi connectivity index (χ0v) is 10.8. The molecule has 0 saturated carbocycles. The molecule has 0 aliphatic heterocycles. The average Bonchev–Trinajstić information content (AvgIpc) is 2.95. The lowest BCUT2D eigenvalue weighted by Gasteiger charge is -2.02. The Kier molecular flexibility index (Phi) is 4.28. The van der Waals surface area contributed by atoms with Gasteiger partial charge in [0.15, 0.2) is 0 Å². The molecule has 2 aromatic heterocycles. The molecule has 2 aromatic rings. The molecule has 8 heteroatoms. The van der Waals surface area contributed by atoms with Crippen LogP contribution in [-0.4, -0.2) is 27.3 Å². The number of amides is 1. The summed E-state index contributed by atoms with van der Waals surface area (Å²) in [4.78, 5) is 28.4. The van der Waals surface area contributed by atoms with E-state index in [4.69, 9.17) is 5.73 Å². The van der Waals surface area contributed by atoms with Crippen molar-refractivity contribution in [2.24, 2.45) is 5.73 Å². The highest BCUT2D eigenvalue weighted by Gasteiger charge is 2.14. The number of aromatic nitrogens is 2. The molecule has 0 fully saturated rings. The molecular formula is C13H11N5O3. The number of aromatic amines is 1. The third-order valence-corrected chi connectivity index (χ3v) is 2.46. The Bertz CT molecular complexity index is 742. The summed E-state index contributed by atoms with van der Waals surface area (Å²) in [5.41, 5.74) is 5.82. The smallest absolute Gasteiger partial charge is 0.287 e. The highest BCUT2D eigenvalue weighted by Crippen LogP contribution is 2.14. The maximum atomic E-state index is 11.9. The van der Waals surface area contributed by atoms with E-state index in [0.717, 1.165) is 12.3 Å². The molecule has 0 atom stereocenters. The van der Waals surface area contributed by atoms with Gasteiger partial charge in [-0.2, -0.15) is 0 Å². The van der Waals surface area contributed by atoms with Gasteiger partial charge in [-0.05, 0) is 12.1 Å². The molecule has 1 amide bonds. The number of hydrogen-bond donors (Lipinski definition) is 3. The van der Waals surface area contributed by atoms with Crippen molar-refractivity contribution >= 4 is 17.4 Å². The summed E-state index contributed by atoms with van der Waals surface area (Å²) in [6.07, 6.45) is 2.64. The number of H-pyrrole nitrogens is 1. The lowest BCUT2D eigenvalue weighted by Crippen LogP contribution is -2.13. The lowest BCUT2D eigenvalue weighted by molar-refractivity contribution is -0.384. The molecule has 0 spiro atoms. The summed E-state index contributed by atoms with van der Waals surface area (Å²) in [6, 6.07) is 4.41. The van der Waals surface area contributed by atoms with Crippen LogP contribution in [0, 0.1) is 22.0 Å². The number of rotatable bonds is 3. The normalized spacial score (nSPS) is 9.57. The van der Waals surface area contributed by atoms with Crippen molar-refractivity contribution in [2.45, 2.75) is 0 Å². The maximum Gasteiger partial charge on any atom is 0.287 e. The molecule has 4 N–H and O–H groups in total. The number of nitro groups is 1. The van der Waals surface area contributed by atoms with Crippen molar-refractivity contribution in [3.05, 3.63) is 52.0 Å². The second kappa shape index (κ2) is 6.31. The van der Waals surface area contributed by atoms with Crippen LogP contribution in [0.3, 0.4) is 0 Å². The van der Waals surface area contributed by atoms with E-state index >= 15 is 0 Å². The second-order valence-corrected chi connectivity index (χ2v) is 3.92. The summed E-state index contributed by atoms with van der Waals surface area (Å²) < 4.78 is 0. The first-order chi connectivity index (χ1) is 10.1. The van der Waals surface area contributed by atoms with Crippen LogP contribution in [0.25, 0.3) is 0 Å². The van der Waals surface area contributed by atoms with Crippen molar-refractivity contribution in [3.63, 3.8) is 0 Å². The summed E-state index contributed by atoms with van der Waals surface area (Å²) in [7, 11) is 0. The second-order valence-electron chi connectivity index (χ2n) is 3.92. The van der Waals surface area contributed by atoms with Crippen molar-refractivity contribution < 1.29 is 9.72 Å². The van der Waals surface area contributed by atoms with Gasteiger partial charge in [-0.25, -0.2) is 4.98 Å². The minimum atomic E-state index is -0.589. The summed E-state index contributed by atoms with van der Waals surface area (Å²) in [6.45, 7) is 0.232. The minimum Gasteiger partial charge on any atom is -0.351 e. The van der Waals surface area contributed by atoms with Crippen LogP contribution in [0.2, 0.25) is 0 Å². The third kappa shape index (κ3) is 3.65. The van der Waals surface area contributed by atoms with Crippen molar-refractivity contribution in [1.82, 2.24) is 9.97 Å². The Balaban J connectivity index is 2.13. The number of carbonyl (C=O) groups is 1. The molecule has 0 aromatic carbocycles. The summed E-state index contributed by atoms with van der Waals surface area (Å²) >= 11 is 0. The first-order valence-electron chi connectivity index (χ1n) is 5.89. The van der Waals surface area contributed by atoms with Gasteiger partial charge in [-0.3, -0.25) is 14.9 Å². The van der Waals surface area contributed by atoms with Crippen molar-refractivity contribution in [2.75, 3.05) is 11.9 Å². The van der Waals surface area contributed by atoms with E-state index in [2.05, 4.69) is 27.1 Å². The largest absolute Gasteiger partial charge is 0.351 e. The Morgan fingerprint density at radius 3 is 3.00 bits per heavy atom. The quantitative estimate of drug-likeness (QED) is 0.438. The van der Waals surface area contributed by atoms with Crippen LogP contribution >= 0.6 is 0 Å². The number of nitrogens with zero attached hydrogens (tertiary/aromatic N) is 2. The Labute approximate surface area is 119 Å². The predicted octanol–water partition coefficient (Wildman–Crippen LogP) is 0.880. The number of nitrogens with one attached hydrogen (secondary N) is 2. The van der Waals surface area contributed by atoms with Crippen LogP contribution in [0.4, 0.5) is 11.5 Å². The van der Waals surface area contributed by atoms with E-state index < -0.39 is 10.8 Å². The number of hydrogen-bond acceptors (Lipinski definition) is 5. The average molecular weight is 285 g/mol. The molecule has 0 saturated heterocycles. The van der Waals surface area contributed by atoms with E-state index in [1.165, 1.54) is 6.20 Å². The van der Waals surface area contributed by atoms with Crippen LogP contribution in [-0.2, 0) is 0 Å². The first kappa shape index (κ1) is 14.2. The highest BCUT2D eigenvalue weighted by molar-refractivity contribution is 6.02. The zero-order valence-electron chi connectivity index (χ0n) is 10.8. The molecule has 2 rings (SSSR count). The predicted molar refractivity (Wildman–Crippen MR) is 75.6 cm³/mol. The Hall–Kier alpha value is -3.18. The summed E-state index contributed by atoms with van der Waals surface area (Å²) in [5.74, 6) is 5.27. The minimum absolute atomic E-state index is 0.0712. The molecule has 2 heterocycles. The van der Waals surface area contributed by atoms with Gasteiger partial charge in [-0.15, -0.1) is 0 Å². The van der Waals surface area contributed by atoms with Gasteiger partial charge in [-0.1, -0.05) is 11.8 Å². The van der Waals surface area contributed by atoms with Crippen LogP contribution < -0.4 is 11.1 Å². The fourth-order valence-corrected chi connectivity index (χ4v) is 1.53. The molecule has 21 heavy (non-hydrogen) atoms. The highest BCUT2D eigenvalue weighted by atomic mass is 16.6. The van der Waals surface area contributed by atoms with Gasteiger partial charge in [0, 0.05) is 17.8 Å². The van der Waals surface area contributed by atoms with Gasteiger partial charge >= 0.3 is 0 Å². The SMILES string of the molecule is NCC#Cc1ccnc(NC(=O)c2cc([N+](=O)[O-])c[nH]2)c1. The van der Waals surface area contributed by atoms with Crippen molar-refractivity contribution in [1.29, 1.82) is 0 Å². The van der Waals surface area contributed by atoms with Crippen molar-refractivity contribution in [3.8, 4) is 11.8 Å². The van der Waals surface area contributed by atoms with Gasteiger partial charge in [0.05, 0.1) is 17.7 Å². The topological polar surface area (TPSA) is 127 Å².